The molecule has 1 fully saturated rings. The highest BCUT2D eigenvalue weighted by Gasteiger charge is 2.49. The first-order valence-corrected chi connectivity index (χ1v) is 3.95. The van der Waals surface area contributed by atoms with E-state index in [2.05, 4.69) is 0 Å². The fourth-order valence-corrected chi connectivity index (χ4v) is 1.31. The van der Waals surface area contributed by atoms with Gasteiger partial charge in [-0.1, -0.05) is 0 Å². The van der Waals surface area contributed by atoms with Crippen molar-refractivity contribution in [2.45, 2.75) is 37.1 Å². The summed E-state index contributed by atoms with van der Waals surface area (Å²) >= 11 is 0. The molecule has 0 saturated carbocycles. The minimum absolute atomic E-state index is 0.541. The molecule has 0 aromatic carbocycles. The fraction of sp³-hybridized carbons (Fsp3) is 1.00. The van der Waals surface area contributed by atoms with Gasteiger partial charge in [0.15, 0.2) is 5.79 Å². The molecule has 1 aliphatic rings. The van der Waals surface area contributed by atoms with Crippen LogP contribution in [0, 0.1) is 0 Å². The summed E-state index contributed by atoms with van der Waals surface area (Å²) in [7, 11) is 0. The Bertz CT molecular complexity index is 180. The van der Waals surface area contributed by atoms with Crippen LogP contribution in [0.5, 0.6) is 0 Å². The van der Waals surface area contributed by atoms with Gasteiger partial charge in [0.25, 0.3) is 0 Å². The van der Waals surface area contributed by atoms with Crippen LogP contribution < -0.4 is 0 Å². The summed E-state index contributed by atoms with van der Waals surface area (Å²) in [5.41, 5.74) is 0. The van der Waals surface area contributed by atoms with E-state index in [1.807, 2.05) is 0 Å². The normalized spacial score (nSPS) is 52.2. The van der Waals surface area contributed by atoms with Gasteiger partial charge in [-0.3, -0.25) is 0 Å². The van der Waals surface area contributed by atoms with Gasteiger partial charge in [0, 0.05) is 0 Å². The Hall–Kier alpha value is -0.240. The summed E-state index contributed by atoms with van der Waals surface area (Å²) in [6.45, 7) is 0.608. The number of aliphatic hydroxyl groups excluding tert-OH is 4. The number of ether oxygens (including phenoxy) is 1. The van der Waals surface area contributed by atoms with Crippen LogP contribution in [0.4, 0.5) is 0 Å². The largest absolute Gasteiger partial charge is 0.394 e. The summed E-state index contributed by atoms with van der Waals surface area (Å²) in [4.78, 5) is 0. The van der Waals surface area contributed by atoms with Gasteiger partial charge in [0.2, 0.25) is 0 Å². The van der Waals surface area contributed by atoms with E-state index < -0.39 is 36.8 Å². The monoisotopic (exact) mass is 194 g/mol. The number of hydrogen-bond acceptors (Lipinski definition) is 6. The minimum atomic E-state index is -1.95. The van der Waals surface area contributed by atoms with E-state index in [9.17, 15) is 20.4 Å². The van der Waals surface area contributed by atoms with Crippen molar-refractivity contribution < 1.29 is 30.3 Å². The van der Waals surface area contributed by atoms with Gasteiger partial charge in [-0.2, -0.15) is 0 Å². The predicted molar refractivity (Wildman–Crippen MR) is 40.6 cm³/mol. The van der Waals surface area contributed by atoms with Crippen LogP contribution in [-0.4, -0.2) is 62.3 Å². The Balaban J connectivity index is 2.79. The smallest absolute Gasteiger partial charge is 0.192 e. The lowest BCUT2D eigenvalue weighted by Crippen LogP contribution is -2.63. The molecule has 78 valence electrons. The lowest BCUT2D eigenvalue weighted by molar-refractivity contribution is -0.341. The zero-order valence-electron chi connectivity index (χ0n) is 7.16. The summed E-state index contributed by atoms with van der Waals surface area (Å²) in [5.74, 6) is -1.95. The van der Waals surface area contributed by atoms with Gasteiger partial charge in [-0.15, -0.1) is 0 Å². The van der Waals surface area contributed by atoms with Gasteiger partial charge in [-0.05, 0) is 6.92 Å². The van der Waals surface area contributed by atoms with Crippen LogP contribution in [0.3, 0.4) is 0 Å². The molecule has 1 saturated heterocycles. The zero-order valence-corrected chi connectivity index (χ0v) is 7.16. The summed E-state index contributed by atoms with van der Waals surface area (Å²) in [6.07, 6.45) is -5.61. The molecule has 1 rings (SSSR count). The Morgan fingerprint density at radius 3 is 2.23 bits per heavy atom. The summed E-state index contributed by atoms with van der Waals surface area (Å²) < 4.78 is 4.76. The molecule has 0 unspecified atom stereocenters. The van der Waals surface area contributed by atoms with Crippen LogP contribution in [-0.2, 0) is 4.74 Å². The van der Waals surface area contributed by atoms with Crippen molar-refractivity contribution in [3.05, 3.63) is 0 Å². The van der Waals surface area contributed by atoms with Crippen molar-refractivity contribution in [1.29, 1.82) is 0 Å². The molecule has 0 radical (unpaired) electrons. The maximum atomic E-state index is 9.38. The number of hydrogen-bond donors (Lipinski definition) is 5. The fourth-order valence-electron chi connectivity index (χ4n) is 1.31. The highest BCUT2D eigenvalue weighted by Crippen LogP contribution is 2.27. The van der Waals surface area contributed by atoms with Crippen molar-refractivity contribution in [2.75, 3.05) is 6.61 Å². The average Bonchev–Trinajstić information content (AvgIpc) is 2.08. The molecule has 5 atom stereocenters. The molecule has 5 N–H and O–H groups in total. The third kappa shape index (κ3) is 1.83. The first-order chi connectivity index (χ1) is 5.90. The second kappa shape index (κ2) is 3.49. The summed E-state index contributed by atoms with van der Waals surface area (Å²) in [5, 5.41) is 45.8. The van der Waals surface area contributed by atoms with Gasteiger partial charge >= 0.3 is 0 Å². The van der Waals surface area contributed by atoms with Gasteiger partial charge in [0.1, 0.15) is 24.4 Å². The van der Waals surface area contributed by atoms with Crippen molar-refractivity contribution in [1.82, 2.24) is 0 Å². The first kappa shape index (κ1) is 10.8. The summed E-state index contributed by atoms with van der Waals surface area (Å²) in [6, 6.07) is 0. The third-order valence-corrected chi connectivity index (χ3v) is 2.17. The molecular formula is C7H14O6. The lowest BCUT2D eigenvalue weighted by atomic mass is 9.94. The highest BCUT2D eigenvalue weighted by atomic mass is 16.7. The van der Waals surface area contributed by atoms with E-state index in [0.29, 0.717) is 0 Å². The molecule has 1 aliphatic heterocycles. The topological polar surface area (TPSA) is 110 Å². The van der Waals surface area contributed by atoms with E-state index in [4.69, 9.17) is 9.84 Å². The standard InChI is InChI=1S/C7H14O6/c1-7(12)6(11)5(10)4(9)3(2-8)13-7/h3-6,8-12H,2H2,1H3/t3-,4+,5+,6-,7-/m1/s1. The molecule has 6 nitrogen and oxygen atoms in total. The number of rotatable bonds is 1. The van der Waals surface area contributed by atoms with E-state index in [1.165, 1.54) is 0 Å². The van der Waals surface area contributed by atoms with E-state index in [0.717, 1.165) is 6.92 Å². The predicted octanol–water partition coefficient (Wildman–Crippen LogP) is -2.83. The molecule has 13 heavy (non-hydrogen) atoms. The maximum absolute atomic E-state index is 9.38. The molecule has 1 heterocycles. The van der Waals surface area contributed by atoms with E-state index in [1.54, 1.807) is 0 Å². The van der Waals surface area contributed by atoms with Gasteiger partial charge in [0.05, 0.1) is 6.61 Å². The lowest BCUT2D eigenvalue weighted by Gasteiger charge is -2.43. The van der Waals surface area contributed by atoms with E-state index in [-0.39, 0.29) is 0 Å². The van der Waals surface area contributed by atoms with Gasteiger partial charge < -0.3 is 30.3 Å². The Morgan fingerprint density at radius 1 is 1.23 bits per heavy atom. The first-order valence-electron chi connectivity index (χ1n) is 3.95. The number of aliphatic hydroxyl groups is 5. The highest BCUT2D eigenvalue weighted by molar-refractivity contribution is 4.93. The second-order valence-corrected chi connectivity index (χ2v) is 3.32. The van der Waals surface area contributed by atoms with Gasteiger partial charge in [-0.25, -0.2) is 0 Å². The van der Waals surface area contributed by atoms with Crippen LogP contribution in [0.1, 0.15) is 6.92 Å². The van der Waals surface area contributed by atoms with Crippen LogP contribution in [0.2, 0.25) is 0 Å². The van der Waals surface area contributed by atoms with E-state index >= 15 is 0 Å². The molecule has 6 heteroatoms. The van der Waals surface area contributed by atoms with Crippen LogP contribution >= 0.6 is 0 Å². The van der Waals surface area contributed by atoms with Crippen molar-refractivity contribution >= 4 is 0 Å². The molecular weight excluding hydrogens is 180 g/mol. The second-order valence-electron chi connectivity index (χ2n) is 3.32. The van der Waals surface area contributed by atoms with Crippen molar-refractivity contribution in [2.24, 2.45) is 0 Å². The van der Waals surface area contributed by atoms with Crippen molar-refractivity contribution in [3.8, 4) is 0 Å². The van der Waals surface area contributed by atoms with Crippen LogP contribution in [0.25, 0.3) is 0 Å². The van der Waals surface area contributed by atoms with Crippen molar-refractivity contribution in [3.63, 3.8) is 0 Å². The quantitative estimate of drug-likeness (QED) is 0.308. The SMILES string of the molecule is C[C@@]1(O)O[C@H](CO)[C@H](O)[C@H](O)[C@H]1O. The molecule has 0 spiro atoms. The molecule has 0 amide bonds. The third-order valence-electron chi connectivity index (χ3n) is 2.17. The average molecular weight is 194 g/mol. The zero-order chi connectivity index (χ0) is 10.2. The Kier molecular flexibility index (Phi) is 2.91. The Morgan fingerprint density at radius 2 is 1.77 bits per heavy atom. The Labute approximate surface area is 75.0 Å². The maximum Gasteiger partial charge on any atom is 0.192 e. The van der Waals surface area contributed by atoms with Crippen LogP contribution in [0.15, 0.2) is 0 Å². The molecule has 0 aromatic rings. The molecule has 0 bridgehead atoms. The molecule has 0 aliphatic carbocycles. The minimum Gasteiger partial charge on any atom is -0.394 e. The molecule has 0 aromatic heterocycles.